The molecule has 0 N–H and O–H groups in total. The second-order valence-electron chi connectivity index (χ2n) is 19.8. The van der Waals surface area contributed by atoms with Crippen LogP contribution in [-0.2, 0) is 5.41 Å². The fraction of sp³-hybridized carbons (Fsp3) is 0.190. The molecular weight excluding hydrogens is 799 g/mol. The van der Waals surface area contributed by atoms with E-state index in [4.69, 9.17) is 4.99 Å². The number of benzene rings is 7. The Morgan fingerprint density at radius 1 is 0.591 bits per heavy atom. The molecular formula is C63H53N3. The smallest absolute Gasteiger partial charge is 0.0793 e. The van der Waals surface area contributed by atoms with Crippen molar-refractivity contribution in [3.05, 3.63) is 221 Å². The fourth-order valence-electron chi connectivity index (χ4n) is 12.2. The van der Waals surface area contributed by atoms with E-state index in [1.54, 1.807) is 5.57 Å². The molecule has 3 heterocycles. The molecule has 3 nitrogen and oxygen atoms in total. The van der Waals surface area contributed by atoms with Gasteiger partial charge in [0.25, 0.3) is 0 Å². The number of aromatic nitrogens is 2. The molecule has 13 rings (SSSR count). The predicted octanol–water partition coefficient (Wildman–Crippen LogP) is 16.4. The molecule has 4 aliphatic rings. The monoisotopic (exact) mass is 851 g/mol. The van der Waals surface area contributed by atoms with Gasteiger partial charge in [-0.15, -0.1) is 0 Å². The van der Waals surface area contributed by atoms with Gasteiger partial charge in [-0.05, 0) is 132 Å². The van der Waals surface area contributed by atoms with Crippen LogP contribution in [0, 0.1) is 11.8 Å². The van der Waals surface area contributed by atoms with Gasteiger partial charge in [0.15, 0.2) is 0 Å². The first-order valence-corrected chi connectivity index (χ1v) is 24.1. The highest BCUT2D eigenvalue weighted by molar-refractivity contribution is 6.13. The van der Waals surface area contributed by atoms with E-state index in [1.807, 2.05) is 0 Å². The first kappa shape index (κ1) is 39.2. The lowest BCUT2D eigenvalue weighted by Gasteiger charge is -2.32. The molecule has 0 bridgehead atoms. The lowest BCUT2D eigenvalue weighted by atomic mass is 9.73. The van der Waals surface area contributed by atoms with Crippen LogP contribution >= 0.6 is 0 Å². The van der Waals surface area contributed by atoms with E-state index in [0.717, 1.165) is 25.0 Å². The van der Waals surface area contributed by atoms with Gasteiger partial charge < -0.3 is 9.13 Å². The van der Waals surface area contributed by atoms with Crippen molar-refractivity contribution in [2.45, 2.75) is 64.3 Å². The molecule has 0 amide bonds. The summed E-state index contributed by atoms with van der Waals surface area (Å²) in [6.45, 7) is 7.29. The third kappa shape index (κ3) is 6.13. The van der Waals surface area contributed by atoms with Gasteiger partial charge in [0.05, 0.1) is 33.8 Å². The minimum absolute atomic E-state index is 0.105. The number of rotatable bonds is 6. The van der Waals surface area contributed by atoms with E-state index in [0.29, 0.717) is 11.8 Å². The van der Waals surface area contributed by atoms with Crippen LogP contribution in [0.15, 0.2) is 204 Å². The molecule has 3 atom stereocenters. The highest BCUT2D eigenvalue weighted by Gasteiger charge is 2.40. The molecule has 9 aromatic rings. The molecule has 0 saturated carbocycles. The second-order valence-corrected chi connectivity index (χ2v) is 19.8. The molecule has 1 aliphatic heterocycles. The van der Waals surface area contributed by atoms with Crippen molar-refractivity contribution in [1.82, 2.24) is 9.13 Å². The van der Waals surface area contributed by atoms with Crippen LogP contribution < -0.4 is 0 Å². The molecule has 7 aromatic carbocycles. The van der Waals surface area contributed by atoms with Gasteiger partial charge in [-0.3, -0.25) is 4.99 Å². The Kier molecular flexibility index (Phi) is 9.00. The number of aliphatic imine (C=N–C) groups is 1. The maximum atomic E-state index is 5.33. The van der Waals surface area contributed by atoms with E-state index in [9.17, 15) is 0 Å². The maximum absolute atomic E-state index is 5.33. The van der Waals surface area contributed by atoms with E-state index in [-0.39, 0.29) is 11.5 Å². The van der Waals surface area contributed by atoms with Crippen LogP contribution in [0.4, 0.5) is 0 Å². The number of para-hydroxylation sites is 2. The van der Waals surface area contributed by atoms with Crippen molar-refractivity contribution in [2.24, 2.45) is 16.8 Å². The Morgan fingerprint density at radius 2 is 1.23 bits per heavy atom. The van der Waals surface area contributed by atoms with Gasteiger partial charge in [0.1, 0.15) is 0 Å². The first-order valence-electron chi connectivity index (χ1n) is 24.1. The van der Waals surface area contributed by atoms with E-state index >= 15 is 0 Å². The van der Waals surface area contributed by atoms with Gasteiger partial charge in [-0.2, -0.15) is 0 Å². The summed E-state index contributed by atoms with van der Waals surface area (Å²) >= 11 is 0. The van der Waals surface area contributed by atoms with Crippen LogP contribution in [0.1, 0.15) is 81.2 Å². The quantitative estimate of drug-likeness (QED) is 0.159. The second kappa shape index (κ2) is 15.2. The standard InChI is InChI=1S/C63H53N3/c1-40-16-10-13-23-58(40)66-60-25-15-12-22-51(60)53-35-44(28-33-62(53)66)43-27-32-61-52(34-43)50-21-11-14-24-59(50)65(61)47-29-31-49-48-30-26-45(36-54(48)63(2,3)55(49)39-47)46-37-56(41-17-6-4-7-18-41)64-57(38-46)42-19-8-5-9-20-42/h4-9,11-12,14-15,17-35,37,39-40,45,57H,10,13,16,36,38H2,1-3H3. The van der Waals surface area contributed by atoms with E-state index in [2.05, 4.69) is 218 Å². The van der Waals surface area contributed by atoms with Crippen molar-refractivity contribution in [3.63, 3.8) is 0 Å². The van der Waals surface area contributed by atoms with Gasteiger partial charge in [0.2, 0.25) is 0 Å². The highest BCUT2D eigenvalue weighted by Crippen LogP contribution is 2.53. The first-order chi connectivity index (χ1) is 32.4. The number of nitrogens with zero attached hydrogens (tertiary/aromatic N) is 3. The normalized spacial score (nSPS) is 20.2. The fourth-order valence-corrected chi connectivity index (χ4v) is 12.2. The van der Waals surface area contributed by atoms with Gasteiger partial charge in [0, 0.05) is 44.3 Å². The van der Waals surface area contributed by atoms with Crippen LogP contribution in [0.2, 0.25) is 0 Å². The van der Waals surface area contributed by atoms with Gasteiger partial charge in [-0.1, -0.05) is 165 Å². The number of allylic oxidation sites excluding steroid dienone is 7. The molecule has 0 fully saturated rings. The molecule has 3 aliphatic carbocycles. The van der Waals surface area contributed by atoms with Crippen molar-refractivity contribution < 1.29 is 0 Å². The average Bonchev–Trinajstić information content (AvgIpc) is 3.96. The predicted molar refractivity (Wildman–Crippen MR) is 279 cm³/mol. The maximum Gasteiger partial charge on any atom is 0.0793 e. The third-order valence-corrected chi connectivity index (χ3v) is 15.6. The molecule has 0 saturated heterocycles. The summed E-state index contributed by atoms with van der Waals surface area (Å²) in [5, 5.41) is 5.20. The highest BCUT2D eigenvalue weighted by atomic mass is 15.0. The summed E-state index contributed by atoms with van der Waals surface area (Å²) in [5.41, 5.74) is 20.9. The van der Waals surface area contributed by atoms with Crippen molar-refractivity contribution in [1.29, 1.82) is 0 Å². The lowest BCUT2D eigenvalue weighted by Crippen LogP contribution is -2.22. The number of hydrogen-bond acceptors (Lipinski definition) is 1. The minimum atomic E-state index is -0.118. The van der Waals surface area contributed by atoms with Crippen molar-refractivity contribution >= 4 is 60.6 Å². The summed E-state index contributed by atoms with van der Waals surface area (Å²) < 4.78 is 5.04. The van der Waals surface area contributed by atoms with E-state index < -0.39 is 0 Å². The van der Waals surface area contributed by atoms with Crippen molar-refractivity contribution in [3.8, 4) is 16.8 Å². The summed E-state index contributed by atoms with van der Waals surface area (Å²) in [7, 11) is 0. The molecule has 3 unspecified atom stereocenters. The van der Waals surface area contributed by atoms with Gasteiger partial charge in [-0.25, -0.2) is 0 Å². The van der Waals surface area contributed by atoms with Gasteiger partial charge >= 0.3 is 0 Å². The molecule has 0 radical (unpaired) electrons. The summed E-state index contributed by atoms with van der Waals surface area (Å²) in [4.78, 5) is 5.33. The molecule has 66 heavy (non-hydrogen) atoms. The largest absolute Gasteiger partial charge is 0.313 e. The Morgan fingerprint density at radius 3 is 1.94 bits per heavy atom. The summed E-state index contributed by atoms with van der Waals surface area (Å²) in [5.74, 6) is 0.865. The van der Waals surface area contributed by atoms with Crippen LogP contribution in [0.5, 0.6) is 0 Å². The SMILES string of the molecule is CC1CCCC=C1n1c2ccccc2c2cc(-c3ccc4c(c3)c3ccccc3n4-c3ccc4c(c3)C(C)(C)C3=C4C=CC(C4=CC(c5ccccc5)=NC(c5ccccc5)C4)C3)ccc21. The molecule has 3 heteroatoms. The van der Waals surface area contributed by atoms with Crippen LogP contribution in [-0.4, -0.2) is 14.8 Å². The summed E-state index contributed by atoms with van der Waals surface area (Å²) in [6, 6.07) is 61.1. The topological polar surface area (TPSA) is 22.2 Å². The molecule has 0 spiro atoms. The molecule has 2 aromatic heterocycles. The Balaban J connectivity index is 0.851. The zero-order valence-electron chi connectivity index (χ0n) is 38.0. The zero-order chi connectivity index (χ0) is 44.1. The van der Waals surface area contributed by atoms with Crippen LogP contribution in [0.3, 0.4) is 0 Å². The number of hydrogen-bond donors (Lipinski definition) is 0. The minimum Gasteiger partial charge on any atom is -0.313 e. The number of fused-ring (bicyclic) bond motifs is 8. The Hall–Kier alpha value is -7.23. The van der Waals surface area contributed by atoms with Crippen molar-refractivity contribution in [2.75, 3.05) is 0 Å². The zero-order valence-corrected chi connectivity index (χ0v) is 38.0. The number of dihydropyridines is 1. The Bertz CT molecular complexity index is 3600. The summed E-state index contributed by atoms with van der Waals surface area (Å²) in [6.07, 6.45) is 15.4. The average molecular weight is 852 g/mol. The lowest BCUT2D eigenvalue weighted by molar-refractivity contribution is 0.555. The van der Waals surface area contributed by atoms with Crippen LogP contribution in [0.25, 0.3) is 71.7 Å². The third-order valence-electron chi connectivity index (χ3n) is 15.6. The Labute approximate surface area is 387 Å². The van der Waals surface area contributed by atoms with E-state index in [1.165, 1.54) is 112 Å². The molecule has 320 valence electrons.